The van der Waals surface area contributed by atoms with E-state index in [1.54, 1.807) is 0 Å². The van der Waals surface area contributed by atoms with E-state index in [0.29, 0.717) is 19.6 Å². The Bertz CT molecular complexity index is 641. The Morgan fingerprint density at radius 2 is 1.95 bits per heavy atom. The lowest BCUT2D eigenvalue weighted by Crippen LogP contribution is -2.00. The molecule has 0 bridgehead atoms. The molecule has 3 nitrogen and oxygen atoms in total. The van der Waals surface area contributed by atoms with E-state index in [-0.39, 0.29) is 6.61 Å². The lowest BCUT2D eigenvalue weighted by atomic mass is 10.1. The minimum absolute atomic E-state index is 0.116. The van der Waals surface area contributed by atoms with Crippen LogP contribution >= 0.6 is 0 Å². The standard InChI is InChI=1S/C18H19NO2/c19-11-4-7-15-5-3-6-16(13-15)14-21-18-9-2-1-8-17(18)10-12-20/h1-3,5-6,8-9,13,20H,10-12,14,19H2. The average Bonchev–Trinajstić information content (AvgIpc) is 2.53. The minimum atomic E-state index is 0.116. The first-order chi connectivity index (χ1) is 10.3. The van der Waals surface area contributed by atoms with E-state index in [9.17, 15) is 0 Å². The van der Waals surface area contributed by atoms with E-state index in [0.717, 1.165) is 22.4 Å². The van der Waals surface area contributed by atoms with Crippen molar-refractivity contribution < 1.29 is 9.84 Å². The molecule has 3 heteroatoms. The summed E-state index contributed by atoms with van der Waals surface area (Å²) in [6.07, 6.45) is 0.595. The van der Waals surface area contributed by atoms with Gasteiger partial charge in [0.05, 0.1) is 6.54 Å². The first-order valence-corrected chi connectivity index (χ1v) is 6.93. The van der Waals surface area contributed by atoms with Gasteiger partial charge in [-0.05, 0) is 35.7 Å². The highest BCUT2D eigenvalue weighted by molar-refractivity contribution is 5.38. The van der Waals surface area contributed by atoms with E-state index in [2.05, 4.69) is 11.8 Å². The second-order valence-electron chi connectivity index (χ2n) is 4.58. The highest BCUT2D eigenvalue weighted by Gasteiger charge is 2.03. The minimum Gasteiger partial charge on any atom is -0.489 e. The highest BCUT2D eigenvalue weighted by Crippen LogP contribution is 2.20. The molecule has 0 aliphatic rings. The van der Waals surface area contributed by atoms with Crippen LogP contribution in [-0.4, -0.2) is 18.3 Å². The normalized spacial score (nSPS) is 9.81. The third kappa shape index (κ3) is 4.64. The molecule has 0 saturated heterocycles. The number of aliphatic hydroxyl groups excluding tert-OH is 1. The predicted molar refractivity (Wildman–Crippen MR) is 83.9 cm³/mol. The third-order valence-electron chi connectivity index (χ3n) is 3.01. The first kappa shape index (κ1) is 15.1. The van der Waals surface area contributed by atoms with Crippen molar-refractivity contribution in [3.05, 3.63) is 65.2 Å². The zero-order valence-corrected chi connectivity index (χ0v) is 11.9. The predicted octanol–water partition coefficient (Wildman–Crippen LogP) is 2.11. The molecule has 0 unspecified atom stereocenters. The Kier molecular flexibility index (Phi) is 5.83. The van der Waals surface area contributed by atoms with Gasteiger partial charge in [0.15, 0.2) is 0 Å². The number of rotatable bonds is 5. The summed E-state index contributed by atoms with van der Waals surface area (Å²) in [5, 5.41) is 9.07. The van der Waals surface area contributed by atoms with Gasteiger partial charge < -0.3 is 15.6 Å². The van der Waals surface area contributed by atoms with E-state index in [1.165, 1.54) is 0 Å². The van der Waals surface area contributed by atoms with Gasteiger partial charge in [-0.15, -0.1) is 0 Å². The monoisotopic (exact) mass is 281 g/mol. The maximum Gasteiger partial charge on any atom is 0.123 e. The maximum absolute atomic E-state index is 9.07. The van der Waals surface area contributed by atoms with Crippen molar-refractivity contribution in [2.24, 2.45) is 5.73 Å². The molecule has 0 saturated carbocycles. The SMILES string of the molecule is NCC#Cc1cccc(COc2ccccc2CCO)c1. The molecule has 21 heavy (non-hydrogen) atoms. The van der Waals surface area contributed by atoms with Gasteiger partial charge in [0.25, 0.3) is 0 Å². The number of ether oxygens (including phenoxy) is 1. The van der Waals surface area contributed by atoms with Crippen LogP contribution < -0.4 is 10.5 Å². The lowest BCUT2D eigenvalue weighted by molar-refractivity contribution is 0.284. The molecular formula is C18H19NO2. The summed E-state index contributed by atoms with van der Waals surface area (Å²) in [6, 6.07) is 15.7. The van der Waals surface area contributed by atoms with E-state index in [4.69, 9.17) is 15.6 Å². The quantitative estimate of drug-likeness (QED) is 0.825. The summed E-state index contributed by atoms with van der Waals surface area (Å²) in [5.74, 6) is 6.66. The Morgan fingerprint density at radius 3 is 2.76 bits per heavy atom. The molecule has 0 radical (unpaired) electrons. The van der Waals surface area contributed by atoms with Crippen molar-refractivity contribution in [1.82, 2.24) is 0 Å². The lowest BCUT2D eigenvalue weighted by Gasteiger charge is -2.11. The van der Waals surface area contributed by atoms with E-state index < -0.39 is 0 Å². The van der Waals surface area contributed by atoms with Crippen LogP contribution in [-0.2, 0) is 13.0 Å². The Morgan fingerprint density at radius 1 is 1.10 bits per heavy atom. The number of nitrogens with two attached hydrogens (primary N) is 1. The van der Waals surface area contributed by atoms with Gasteiger partial charge in [0.1, 0.15) is 12.4 Å². The fourth-order valence-electron chi connectivity index (χ4n) is 2.02. The second-order valence-corrected chi connectivity index (χ2v) is 4.58. The van der Waals surface area contributed by atoms with Crippen molar-refractivity contribution >= 4 is 0 Å². The molecule has 0 heterocycles. The van der Waals surface area contributed by atoms with E-state index >= 15 is 0 Å². The summed E-state index contributed by atoms with van der Waals surface area (Å²) >= 11 is 0. The van der Waals surface area contributed by atoms with Crippen molar-refractivity contribution in [2.45, 2.75) is 13.0 Å². The molecule has 3 N–H and O–H groups in total. The van der Waals surface area contributed by atoms with Gasteiger partial charge in [0.2, 0.25) is 0 Å². The topological polar surface area (TPSA) is 55.5 Å². The molecule has 0 aliphatic heterocycles. The van der Waals surface area contributed by atoms with Crippen LogP contribution in [0.15, 0.2) is 48.5 Å². The number of hydrogen-bond acceptors (Lipinski definition) is 3. The Hall–Kier alpha value is -2.28. The summed E-state index contributed by atoms with van der Waals surface area (Å²) in [5.41, 5.74) is 8.38. The third-order valence-corrected chi connectivity index (χ3v) is 3.01. The molecule has 0 amide bonds. The van der Waals surface area contributed by atoms with Crippen molar-refractivity contribution in [3.63, 3.8) is 0 Å². The summed E-state index contributed by atoms with van der Waals surface area (Å²) in [7, 11) is 0. The highest BCUT2D eigenvalue weighted by atomic mass is 16.5. The Balaban J connectivity index is 2.06. The molecule has 0 aliphatic carbocycles. The van der Waals surface area contributed by atoms with Gasteiger partial charge in [-0.1, -0.05) is 42.2 Å². The number of benzene rings is 2. The fraction of sp³-hybridized carbons (Fsp3) is 0.222. The van der Waals surface area contributed by atoms with Gasteiger partial charge >= 0.3 is 0 Å². The van der Waals surface area contributed by atoms with E-state index in [1.807, 2.05) is 48.5 Å². The molecule has 2 aromatic rings. The number of hydrogen-bond donors (Lipinski definition) is 2. The Labute approximate surface area is 125 Å². The van der Waals surface area contributed by atoms with Crippen LogP contribution in [0.5, 0.6) is 5.75 Å². The van der Waals surface area contributed by atoms with Gasteiger partial charge in [-0.3, -0.25) is 0 Å². The summed E-state index contributed by atoms with van der Waals surface area (Å²) < 4.78 is 5.85. The molecule has 2 aromatic carbocycles. The van der Waals surface area contributed by atoms with Gasteiger partial charge in [0, 0.05) is 12.2 Å². The van der Waals surface area contributed by atoms with Crippen molar-refractivity contribution in [2.75, 3.05) is 13.2 Å². The molecular weight excluding hydrogens is 262 g/mol. The molecule has 2 rings (SSSR count). The van der Waals surface area contributed by atoms with Gasteiger partial charge in [-0.2, -0.15) is 0 Å². The first-order valence-electron chi connectivity index (χ1n) is 6.93. The van der Waals surface area contributed by atoms with Crippen LogP contribution in [0.1, 0.15) is 16.7 Å². The van der Waals surface area contributed by atoms with Crippen LogP contribution in [0, 0.1) is 11.8 Å². The second kappa shape index (κ2) is 8.11. The van der Waals surface area contributed by atoms with Crippen LogP contribution in [0.2, 0.25) is 0 Å². The largest absolute Gasteiger partial charge is 0.489 e. The molecule has 0 fully saturated rings. The number of aliphatic hydroxyl groups is 1. The zero-order chi connectivity index (χ0) is 14.9. The zero-order valence-electron chi connectivity index (χ0n) is 11.9. The van der Waals surface area contributed by atoms with Crippen LogP contribution in [0.25, 0.3) is 0 Å². The molecule has 0 atom stereocenters. The van der Waals surface area contributed by atoms with Crippen LogP contribution in [0.4, 0.5) is 0 Å². The summed E-state index contributed by atoms with van der Waals surface area (Å²) in [6.45, 7) is 0.945. The average molecular weight is 281 g/mol. The summed E-state index contributed by atoms with van der Waals surface area (Å²) in [4.78, 5) is 0. The van der Waals surface area contributed by atoms with Crippen molar-refractivity contribution in [1.29, 1.82) is 0 Å². The fourth-order valence-corrected chi connectivity index (χ4v) is 2.02. The van der Waals surface area contributed by atoms with Crippen LogP contribution in [0.3, 0.4) is 0 Å². The van der Waals surface area contributed by atoms with Gasteiger partial charge in [-0.25, -0.2) is 0 Å². The smallest absolute Gasteiger partial charge is 0.123 e. The van der Waals surface area contributed by atoms with Crippen molar-refractivity contribution in [3.8, 4) is 17.6 Å². The molecule has 0 spiro atoms. The maximum atomic E-state index is 9.07. The number of para-hydroxylation sites is 1. The molecule has 108 valence electrons. The molecule has 0 aromatic heterocycles.